The van der Waals surface area contributed by atoms with Gasteiger partial charge in [-0.15, -0.1) is 0 Å². The van der Waals surface area contributed by atoms with E-state index in [-0.39, 0.29) is 11.9 Å². The lowest BCUT2D eigenvalue weighted by Gasteiger charge is -2.39. The molecule has 1 fully saturated rings. The van der Waals surface area contributed by atoms with Crippen molar-refractivity contribution in [3.8, 4) is 0 Å². The fourth-order valence-corrected chi connectivity index (χ4v) is 4.62. The fourth-order valence-electron chi connectivity index (χ4n) is 3.89. The third kappa shape index (κ3) is 4.61. The van der Waals surface area contributed by atoms with Crippen molar-refractivity contribution in [3.63, 3.8) is 0 Å². The van der Waals surface area contributed by atoms with E-state index < -0.39 is 27.1 Å². The molecule has 0 bridgehead atoms. The summed E-state index contributed by atoms with van der Waals surface area (Å²) in [5, 5.41) is 0. The third-order valence-corrected chi connectivity index (χ3v) is 6.86. The van der Waals surface area contributed by atoms with Gasteiger partial charge in [-0.25, -0.2) is 9.18 Å². The van der Waals surface area contributed by atoms with Crippen molar-refractivity contribution in [2.75, 3.05) is 13.1 Å². The minimum absolute atomic E-state index is 0.247. The molecule has 160 valence electrons. The quantitative estimate of drug-likeness (QED) is 0.619. The SMILES string of the molecule is CC(C)(C)OC(=O)N1CCC2(CC1)Cc1c(F)cccc1/C2=N\[S@+]([O-])C(C)(C)C. The lowest BCUT2D eigenvalue weighted by atomic mass is 9.74. The molecule has 0 N–H and O–H groups in total. The summed E-state index contributed by atoms with van der Waals surface area (Å²) in [6.45, 7) is 12.2. The Hall–Kier alpha value is -1.60. The number of carbonyl (C=O) groups is 1. The van der Waals surface area contributed by atoms with Crippen LogP contribution in [-0.2, 0) is 22.5 Å². The van der Waals surface area contributed by atoms with Gasteiger partial charge in [-0.2, -0.15) is 0 Å². The number of likely N-dealkylation sites (tertiary alicyclic amines) is 1. The number of benzene rings is 1. The number of fused-ring (bicyclic) bond motifs is 1. The van der Waals surface area contributed by atoms with E-state index in [9.17, 15) is 13.7 Å². The van der Waals surface area contributed by atoms with E-state index in [1.807, 2.05) is 47.6 Å². The van der Waals surface area contributed by atoms with Gasteiger partial charge in [0.05, 0.1) is 0 Å². The van der Waals surface area contributed by atoms with Crippen molar-refractivity contribution in [1.29, 1.82) is 0 Å². The van der Waals surface area contributed by atoms with Crippen LogP contribution in [0.3, 0.4) is 0 Å². The highest BCUT2D eigenvalue weighted by Gasteiger charge is 2.49. The highest BCUT2D eigenvalue weighted by molar-refractivity contribution is 7.91. The van der Waals surface area contributed by atoms with Crippen LogP contribution in [0.4, 0.5) is 9.18 Å². The molecule has 0 aromatic heterocycles. The maximum atomic E-state index is 14.5. The predicted molar refractivity (Wildman–Crippen MR) is 114 cm³/mol. The first-order chi connectivity index (χ1) is 13.3. The first-order valence-corrected chi connectivity index (χ1v) is 11.2. The molecule has 1 aromatic rings. The van der Waals surface area contributed by atoms with Gasteiger partial charge in [-0.05, 0) is 72.4 Å². The molecule has 5 nitrogen and oxygen atoms in total. The maximum Gasteiger partial charge on any atom is 0.410 e. The van der Waals surface area contributed by atoms with Gasteiger partial charge in [0, 0.05) is 24.1 Å². The molecule has 1 aromatic carbocycles. The average molecular weight is 423 g/mol. The second kappa shape index (κ2) is 7.58. The maximum absolute atomic E-state index is 14.5. The van der Waals surface area contributed by atoms with Crippen LogP contribution in [0.2, 0.25) is 0 Å². The fraction of sp³-hybridized carbons (Fsp3) is 0.636. The van der Waals surface area contributed by atoms with Gasteiger partial charge < -0.3 is 14.2 Å². The Morgan fingerprint density at radius 1 is 1.21 bits per heavy atom. The molecule has 1 aliphatic carbocycles. The molecule has 0 saturated carbocycles. The zero-order valence-electron chi connectivity index (χ0n) is 18.2. The highest BCUT2D eigenvalue weighted by atomic mass is 32.2. The standard InChI is InChI=1S/C22H31FN2O3S/c1-20(2,3)28-19(26)25-12-10-22(11-13-25)14-16-15(8-7-9-17(16)23)18(22)24-29(27)21(4,5)6/h7-9H,10-14H2,1-6H3/b24-18+/t29-/m1/s1. The first-order valence-electron chi connectivity index (χ1n) is 10.1. The van der Waals surface area contributed by atoms with E-state index in [1.54, 1.807) is 11.0 Å². The lowest BCUT2D eigenvalue weighted by molar-refractivity contribution is 0.0159. The molecule has 7 heteroatoms. The van der Waals surface area contributed by atoms with Gasteiger partial charge in [-0.3, -0.25) is 0 Å². The van der Waals surface area contributed by atoms with E-state index in [0.717, 1.165) is 11.3 Å². The van der Waals surface area contributed by atoms with Crippen LogP contribution in [0.25, 0.3) is 0 Å². The van der Waals surface area contributed by atoms with Crippen LogP contribution in [0.5, 0.6) is 0 Å². The van der Waals surface area contributed by atoms with Crippen LogP contribution >= 0.6 is 0 Å². The summed E-state index contributed by atoms with van der Waals surface area (Å²) >= 11 is -1.44. The first kappa shape index (κ1) is 22.1. The van der Waals surface area contributed by atoms with E-state index in [4.69, 9.17) is 4.74 Å². The zero-order valence-corrected chi connectivity index (χ0v) is 19.0. The minimum atomic E-state index is -1.44. The number of piperidine rings is 1. The summed E-state index contributed by atoms with van der Waals surface area (Å²) in [5.41, 5.74) is 1.18. The number of ether oxygens (including phenoxy) is 1. The summed E-state index contributed by atoms with van der Waals surface area (Å²) in [6.07, 6.45) is 1.48. The Morgan fingerprint density at radius 2 is 1.83 bits per heavy atom. The van der Waals surface area contributed by atoms with Crippen molar-refractivity contribution in [2.45, 2.75) is 71.2 Å². The second-order valence-corrected chi connectivity index (χ2v) is 11.9. The Labute approximate surface area is 176 Å². The van der Waals surface area contributed by atoms with E-state index in [1.165, 1.54) is 6.07 Å². The molecule has 1 heterocycles. The molecule has 1 atom stereocenters. The lowest BCUT2D eigenvalue weighted by Crippen LogP contribution is -2.47. The molecule has 1 aliphatic heterocycles. The Balaban J connectivity index is 1.89. The zero-order chi connectivity index (χ0) is 21.6. The van der Waals surface area contributed by atoms with Crippen LogP contribution in [0.15, 0.2) is 22.6 Å². The number of carbonyl (C=O) groups excluding carboxylic acids is 1. The number of amides is 1. The molecule has 2 aliphatic rings. The minimum Gasteiger partial charge on any atom is -0.591 e. The molecule has 1 amide bonds. The van der Waals surface area contributed by atoms with Crippen LogP contribution in [0, 0.1) is 11.2 Å². The summed E-state index contributed by atoms with van der Waals surface area (Å²) in [5.74, 6) is -0.247. The van der Waals surface area contributed by atoms with Gasteiger partial charge in [-0.1, -0.05) is 16.5 Å². The predicted octanol–water partition coefficient (Wildman–Crippen LogP) is 4.65. The molecule has 0 radical (unpaired) electrons. The highest BCUT2D eigenvalue weighted by Crippen LogP contribution is 2.46. The van der Waals surface area contributed by atoms with Crippen molar-refractivity contribution < 1.29 is 18.5 Å². The largest absolute Gasteiger partial charge is 0.591 e. The van der Waals surface area contributed by atoms with Gasteiger partial charge in [0.25, 0.3) is 0 Å². The van der Waals surface area contributed by atoms with Gasteiger partial charge in [0.1, 0.15) is 33.2 Å². The topological polar surface area (TPSA) is 65.0 Å². The van der Waals surface area contributed by atoms with Crippen LogP contribution < -0.4 is 0 Å². The number of hydrogen-bond donors (Lipinski definition) is 0. The van der Waals surface area contributed by atoms with E-state index >= 15 is 0 Å². The van der Waals surface area contributed by atoms with Gasteiger partial charge in [0.15, 0.2) is 0 Å². The Morgan fingerprint density at radius 3 is 2.38 bits per heavy atom. The molecule has 3 rings (SSSR count). The average Bonchev–Trinajstić information content (AvgIpc) is 2.88. The summed E-state index contributed by atoms with van der Waals surface area (Å²) in [7, 11) is 0. The summed E-state index contributed by atoms with van der Waals surface area (Å²) in [6, 6.07) is 5.01. The molecular weight excluding hydrogens is 391 g/mol. The van der Waals surface area contributed by atoms with E-state index in [0.29, 0.717) is 37.9 Å². The second-order valence-electron chi connectivity index (χ2n) is 9.99. The summed E-state index contributed by atoms with van der Waals surface area (Å²) in [4.78, 5) is 14.1. The monoisotopic (exact) mass is 422 g/mol. The Kier molecular flexibility index (Phi) is 5.78. The number of nitrogens with zero attached hydrogens (tertiary/aromatic N) is 2. The normalized spacial score (nSPS) is 21.4. The van der Waals surface area contributed by atoms with Crippen molar-refractivity contribution >= 4 is 23.2 Å². The molecule has 1 saturated heterocycles. The Bertz CT molecular complexity index is 818. The smallest absolute Gasteiger partial charge is 0.410 e. The summed E-state index contributed by atoms with van der Waals surface area (Å²) < 4.78 is 37.0. The molecular formula is C22H31FN2O3S. The van der Waals surface area contributed by atoms with Crippen molar-refractivity contribution in [1.82, 2.24) is 4.90 Å². The molecule has 29 heavy (non-hydrogen) atoms. The number of halogens is 1. The number of rotatable bonds is 1. The molecule has 1 spiro atoms. The third-order valence-electron chi connectivity index (χ3n) is 5.46. The van der Waals surface area contributed by atoms with Gasteiger partial charge in [0.2, 0.25) is 0 Å². The van der Waals surface area contributed by atoms with Crippen LogP contribution in [-0.4, -0.2) is 44.7 Å². The number of hydrogen-bond acceptors (Lipinski definition) is 4. The van der Waals surface area contributed by atoms with Crippen LogP contribution in [0.1, 0.15) is 65.5 Å². The van der Waals surface area contributed by atoms with Crippen molar-refractivity contribution in [2.24, 2.45) is 9.81 Å². The van der Waals surface area contributed by atoms with E-state index in [2.05, 4.69) is 4.40 Å². The van der Waals surface area contributed by atoms with Gasteiger partial charge >= 0.3 is 6.09 Å². The molecule has 0 unspecified atom stereocenters. The van der Waals surface area contributed by atoms with Crippen molar-refractivity contribution in [3.05, 3.63) is 35.1 Å².